The van der Waals surface area contributed by atoms with Gasteiger partial charge in [0.05, 0.1) is 12.7 Å². The molecule has 0 atom stereocenters. The van der Waals surface area contributed by atoms with Crippen LogP contribution in [0.4, 0.5) is 0 Å². The molecule has 1 aromatic carbocycles. The molecule has 0 heterocycles. The summed E-state index contributed by atoms with van der Waals surface area (Å²) < 4.78 is 10.8. The molecule has 0 aliphatic carbocycles. The topological polar surface area (TPSA) is 71.6 Å². The SMILES string of the molecule is COc1cccc(C(=N)N)c1OCCN(C)C. The van der Waals surface area contributed by atoms with Gasteiger partial charge in [0.1, 0.15) is 12.4 Å². The first kappa shape index (κ1) is 13.3. The molecule has 0 unspecified atom stereocenters. The van der Waals surface area contributed by atoms with Crippen molar-refractivity contribution >= 4 is 5.84 Å². The fourth-order valence-corrected chi connectivity index (χ4v) is 1.37. The van der Waals surface area contributed by atoms with Crippen molar-refractivity contribution in [3.63, 3.8) is 0 Å². The number of ether oxygens (including phenoxy) is 2. The van der Waals surface area contributed by atoms with Gasteiger partial charge in [-0.25, -0.2) is 0 Å². The molecule has 0 bridgehead atoms. The van der Waals surface area contributed by atoms with Crippen LogP contribution in [-0.2, 0) is 0 Å². The second-order valence-electron chi connectivity index (χ2n) is 3.90. The van der Waals surface area contributed by atoms with E-state index in [0.29, 0.717) is 23.7 Å². The van der Waals surface area contributed by atoms with Crippen molar-refractivity contribution in [3.8, 4) is 11.5 Å². The van der Waals surface area contributed by atoms with Gasteiger partial charge in [0, 0.05) is 6.54 Å². The molecular weight excluding hydrogens is 218 g/mol. The molecule has 0 aliphatic heterocycles. The van der Waals surface area contributed by atoms with Crippen LogP contribution >= 0.6 is 0 Å². The number of nitrogens with two attached hydrogens (primary N) is 1. The van der Waals surface area contributed by atoms with Gasteiger partial charge in [0.25, 0.3) is 0 Å². The summed E-state index contributed by atoms with van der Waals surface area (Å²) in [5, 5.41) is 7.50. The third kappa shape index (κ3) is 3.64. The van der Waals surface area contributed by atoms with Crippen molar-refractivity contribution in [2.45, 2.75) is 0 Å². The molecule has 94 valence electrons. The van der Waals surface area contributed by atoms with Crippen LogP contribution in [0.3, 0.4) is 0 Å². The molecule has 17 heavy (non-hydrogen) atoms. The minimum Gasteiger partial charge on any atom is -0.493 e. The Kier molecular flexibility index (Phi) is 4.78. The highest BCUT2D eigenvalue weighted by atomic mass is 16.5. The summed E-state index contributed by atoms with van der Waals surface area (Å²) in [4.78, 5) is 2.02. The first-order valence-corrected chi connectivity index (χ1v) is 5.35. The molecule has 0 radical (unpaired) electrons. The molecule has 5 nitrogen and oxygen atoms in total. The molecule has 0 aliphatic rings. The minimum absolute atomic E-state index is 0.0243. The lowest BCUT2D eigenvalue weighted by atomic mass is 10.1. The van der Waals surface area contributed by atoms with Gasteiger partial charge in [-0.1, -0.05) is 6.07 Å². The summed E-state index contributed by atoms with van der Waals surface area (Å²) in [7, 11) is 5.51. The number of hydrogen-bond acceptors (Lipinski definition) is 4. The number of benzene rings is 1. The molecule has 0 fully saturated rings. The first-order chi connectivity index (χ1) is 8.06. The highest BCUT2D eigenvalue weighted by Gasteiger charge is 2.12. The first-order valence-electron chi connectivity index (χ1n) is 5.35. The number of nitrogens with one attached hydrogen (secondary N) is 1. The molecule has 5 heteroatoms. The number of hydrogen-bond donors (Lipinski definition) is 2. The highest BCUT2D eigenvalue weighted by Crippen LogP contribution is 2.30. The highest BCUT2D eigenvalue weighted by molar-refractivity contribution is 5.98. The summed E-state index contributed by atoms with van der Waals surface area (Å²) in [6, 6.07) is 5.32. The maximum atomic E-state index is 7.50. The molecule has 3 N–H and O–H groups in total. The lowest BCUT2D eigenvalue weighted by Crippen LogP contribution is -2.21. The molecule has 0 saturated heterocycles. The average molecular weight is 237 g/mol. The van der Waals surface area contributed by atoms with Crippen LogP contribution in [0.15, 0.2) is 18.2 Å². The molecule has 0 spiro atoms. The zero-order valence-electron chi connectivity index (χ0n) is 10.5. The summed E-state index contributed by atoms with van der Waals surface area (Å²) in [6.07, 6.45) is 0. The van der Waals surface area contributed by atoms with Gasteiger partial charge >= 0.3 is 0 Å². The van der Waals surface area contributed by atoms with E-state index < -0.39 is 0 Å². The van der Waals surface area contributed by atoms with E-state index in [1.54, 1.807) is 25.3 Å². The Labute approximate surface area is 102 Å². The van der Waals surface area contributed by atoms with E-state index in [0.717, 1.165) is 6.54 Å². The predicted molar refractivity (Wildman–Crippen MR) is 68.1 cm³/mol. The average Bonchev–Trinajstić information content (AvgIpc) is 2.28. The lowest BCUT2D eigenvalue weighted by molar-refractivity contribution is 0.250. The lowest BCUT2D eigenvalue weighted by Gasteiger charge is -2.16. The number of methoxy groups -OCH3 is 1. The zero-order valence-corrected chi connectivity index (χ0v) is 10.5. The quantitative estimate of drug-likeness (QED) is 0.570. The number of rotatable bonds is 6. The van der Waals surface area contributed by atoms with Crippen LogP contribution < -0.4 is 15.2 Å². The second-order valence-corrected chi connectivity index (χ2v) is 3.90. The maximum Gasteiger partial charge on any atom is 0.172 e. The Balaban J connectivity index is 2.89. The summed E-state index contributed by atoms with van der Waals surface area (Å²) in [6.45, 7) is 1.31. The Morgan fingerprint density at radius 2 is 2.12 bits per heavy atom. The molecule has 0 saturated carbocycles. The summed E-state index contributed by atoms with van der Waals surface area (Å²) >= 11 is 0. The molecule has 0 aromatic heterocycles. The van der Waals surface area contributed by atoms with Crippen LogP contribution in [0, 0.1) is 5.41 Å². The Hall–Kier alpha value is -1.75. The fraction of sp³-hybridized carbons (Fsp3) is 0.417. The van der Waals surface area contributed by atoms with E-state index >= 15 is 0 Å². The van der Waals surface area contributed by atoms with E-state index in [1.165, 1.54) is 0 Å². The third-order valence-electron chi connectivity index (χ3n) is 2.27. The standard InChI is InChI=1S/C12H19N3O2/c1-15(2)7-8-17-11-9(12(13)14)5-4-6-10(11)16-3/h4-6H,7-8H2,1-3H3,(H3,13,14). The van der Waals surface area contributed by atoms with Crippen molar-refractivity contribution < 1.29 is 9.47 Å². The molecule has 1 rings (SSSR count). The monoisotopic (exact) mass is 237 g/mol. The zero-order chi connectivity index (χ0) is 12.8. The minimum atomic E-state index is -0.0243. The third-order valence-corrected chi connectivity index (χ3v) is 2.27. The maximum absolute atomic E-state index is 7.50. The van der Waals surface area contributed by atoms with Gasteiger partial charge in [0.2, 0.25) is 0 Å². The Morgan fingerprint density at radius 3 is 2.65 bits per heavy atom. The van der Waals surface area contributed by atoms with Crippen molar-refractivity contribution in [1.82, 2.24) is 4.90 Å². The fourth-order valence-electron chi connectivity index (χ4n) is 1.37. The summed E-state index contributed by atoms with van der Waals surface area (Å²) in [5.41, 5.74) is 6.07. The predicted octanol–water partition coefficient (Wildman–Crippen LogP) is 0.920. The van der Waals surface area contributed by atoms with Crippen molar-refractivity contribution in [2.75, 3.05) is 34.4 Å². The van der Waals surface area contributed by atoms with Crippen LogP contribution in [0.2, 0.25) is 0 Å². The summed E-state index contributed by atoms with van der Waals surface area (Å²) in [5.74, 6) is 1.10. The number of likely N-dealkylation sites (N-methyl/N-ethyl adjacent to an activating group) is 1. The normalized spacial score (nSPS) is 10.4. The largest absolute Gasteiger partial charge is 0.493 e. The van der Waals surface area contributed by atoms with Crippen LogP contribution in [0.5, 0.6) is 11.5 Å². The molecule has 1 aromatic rings. The number of para-hydroxylation sites is 1. The van der Waals surface area contributed by atoms with Gasteiger partial charge in [-0.15, -0.1) is 0 Å². The Bertz CT molecular complexity index is 391. The Morgan fingerprint density at radius 1 is 1.41 bits per heavy atom. The van der Waals surface area contributed by atoms with Gasteiger partial charge in [-0.05, 0) is 26.2 Å². The van der Waals surface area contributed by atoms with E-state index in [4.69, 9.17) is 20.6 Å². The molecule has 0 amide bonds. The van der Waals surface area contributed by atoms with Crippen molar-refractivity contribution in [1.29, 1.82) is 5.41 Å². The van der Waals surface area contributed by atoms with E-state index in [2.05, 4.69) is 0 Å². The smallest absolute Gasteiger partial charge is 0.172 e. The van der Waals surface area contributed by atoms with Crippen LogP contribution in [0.25, 0.3) is 0 Å². The van der Waals surface area contributed by atoms with E-state index in [-0.39, 0.29) is 5.84 Å². The molecular formula is C12H19N3O2. The van der Waals surface area contributed by atoms with Crippen molar-refractivity contribution in [2.24, 2.45) is 5.73 Å². The second kappa shape index (κ2) is 6.10. The van der Waals surface area contributed by atoms with Gasteiger partial charge in [-0.3, -0.25) is 5.41 Å². The van der Waals surface area contributed by atoms with E-state index in [9.17, 15) is 0 Å². The van der Waals surface area contributed by atoms with Gasteiger partial charge in [-0.2, -0.15) is 0 Å². The van der Waals surface area contributed by atoms with Crippen LogP contribution in [-0.4, -0.2) is 45.1 Å². The number of amidine groups is 1. The number of nitrogens with zero attached hydrogens (tertiary/aromatic N) is 1. The number of nitrogen functional groups attached to an aromatic ring is 1. The van der Waals surface area contributed by atoms with Crippen molar-refractivity contribution in [3.05, 3.63) is 23.8 Å². The van der Waals surface area contributed by atoms with E-state index in [1.807, 2.05) is 19.0 Å². The van der Waals surface area contributed by atoms with Gasteiger partial charge < -0.3 is 20.1 Å². The van der Waals surface area contributed by atoms with Gasteiger partial charge in [0.15, 0.2) is 11.5 Å². The van der Waals surface area contributed by atoms with Crippen LogP contribution in [0.1, 0.15) is 5.56 Å².